The molecule has 3 aromatic carbocycles. The summed E-state index contributed by atoms with van der Waals surface area (Å²) in [7, 11) is 0. The molecular weight excluding hydrogens is 366 g/mol. The van der Waals surface area contributed by atoms with Gasteiger partial charge in [-0.1, -0.05) is 48.2 Å². The Morgan fingerprint density at radius 2 is 1.79 bits per heavy atom. The van der Waals surface area contributed by atoms with E-state index in [1.54, 1.807) is 23.9 Å². The second kappa shape index (κ2) is 8.81. The Labute approximate surface area is 169 Å². The number of nitrogens with zero attached hydrogens (tertiary/aromatic N) is 1. The number of aromatic hydroxyl groups is 1. The first-order valence-corrected chi connectivity index (χ1v) is 10.1. The van der Waals surface area contributed by atoms with Gasteiger partial charge in [0.25, 0.3) is 0 Å². The molecule has 140 valence electrons. The van der Waals surface area contributed by atoms with Gasteiger partial charge >= 0.3 is 0 Å². The summed E-state index contributed by atoms with van der Waals surface area (Å²) >= 11 is 1.62. The molecule has 0 unspecified atom stereocenters. The lowest BCUT2D eigenvalue weighted by molar-refractivity contribution is 0.311. The molecule has 0 fully saturated rings. The van der Waals surface area contributed by atoms with Crippen molar-refractivity contribution < 1.29 is 9.84 Å². The molecule has 3 nitrogen and oxygen atoms in total. The van der Waals surface area contributed by atoms with Gasteiger partial charge in [0.05, 0.1) is 12.1 Å². The van der Waals surface area contributed by atoms with Crippen LogP contribution in [-0.2, 0) is 6.42 Å². The van der Waals surface area contributed by atoms with Gasteiger partial charge in [-0.2, -0.15) is 0 Å². The van der Waals surface area contributed by atoms with E-state index in [-0.39, 0.29) is 5.75 Å². The maximum absolute atomic E-state index is 9.67. The molecule has 4 rings (SSSR count). The molecule has 0 atom stereocenters. The fourth-order valence-electron chi connectivity index (χ4n) is 3.07. The maximum atomic E-state index is 9.67. The number of aromatic nitrogens is 1. The van der Waals surface area contributed by atoms with Crippen LogP contribution in [0.1, 0.15) is 12.0 Å². The minimum Gasteiger partial charge on any atom is -0.508 e. The number of pyridine rings is 1. The third-order valence-corrected chi connectivity index (χ3v) is 5.51. The van der Waals surface area contributed by atoms with E-state index >= 15 is 0 Å². The van der Waals surface area contributed by atoms with E-state index < -0.39 is 0 Å². The largest absolute Gasteiger partial charge is 0.508 e. The van der Waals surface area contributed by atoms with Crippen molar-refractivity contribution in [3.05, 3.63) is 90.6 Å². The van der Waals surface area contributed by atoms with Gasteiger partial charge in [0.2, 0.25) is 0 Å². The molecule has 0 aliphatic carbocycles. The Morgan fingerprint density at radius 3 is 2.64 bits per heavy atom. The SMILES string of the molecule is Oc1cccc(Sc2ccnc3cc(OCCCc4ccccc4)ccc23)c1. The quantitative estimate of drug-likeness (QED) is 0.389. The number of hydrogen-bond donors (Lipinski definition) is 1. The van der Waals surface area contributed by atoms with Crippen LogP contribution in [0.25, 0.3) is 10.9 Å². The lowest BCUT2D eigenvalue weighted by atomic mass is 10.1. The zero-order valence-corrected chi connectivity index (χ0v) is 16.2. The molecule has 0 saturated heterocycles. The fraction of sp³-hybridized carbons (Fsp3) is 0.125. The highest BCUT2D eigenvalue weighted by atomic mass is 32.2. The lowest BCUT2D eigenvalue weighted by Gasteiger charge is -2.09. The summed E-state index contributed by atoms with van der Waals surface area (Å²) in [6.07, 6.45) is 3.80. The van der Waals surface area contributed by atoms with E-state index in [2.05, 4.69) is 35.3 Å². The number of aryl methyl sites for hydroxylation is 1. The second-order valence-electron chi connectivity index (χ2n) is 6.53. The number of hydrogen-bond acceptors (Lipinski definition) is 4. The number of rotatable bonds is 7. The smallest absolute Gasteiger partial charge is 0.121 e. The van der Waals surface area contributed by atoms with Crippen LogP contribution in [0.2, 0.25) is 0 Å². The minimum absolute atomic E-state index is 0.273. The Balaban J connectivity index is 1.43. The summed E-state index contributed by atoms with van der Waals surface area (Å²) in [5, 5.41) is 10.8. The van der Waals surface area contributed by atoms with Crippen LogP contribution in [0.5, 0.6) is 11.5 Å². The van der Waals surface area contributed by atoms with E-state index in [0.717, 1.165) is 39.3 Å². The van der Waals surface area contributed by atoms with E-state index in [9.17, 15) is 5.11 Å². The van der Waals surface area contributed by atoms with Crippen LogP contribution < -0.4 is 4.74 Å². The van der Waals surface area contributed by atoms with Gasteiger partial charge in [0, 0.05) is 27.4 Å². The van der Waals surface area contributed by atoms with Crippen molar-refractivity contribution in [2.45, 2.75) is 22.6 Å². The van der Waals surface area contributed by atoms with Gasteiger partial charge in [-0.15, -0.1) is 0 Å². The third kappa shape index (κ3) is 4.65. The fourth-order valence-corrected chi connectivity index (χ4v) is 4.06. The maximum Gasteiger partial charge on any atom is 0.121 e. The van der Waals surface area contributed by atoms with Gasteiger partial charge < -0.3 is 9.84 Å². The van der Waals surface area contributed by atoms with E-state index in [0.29, 0.717) is 6.61 Å². The Bertz CT molecular complexity index is 1070. The first-order chi connectivity index (χ1) is 13.8. The molecule has 28 heavy (non-hydrogen) atoms. The predicted octanol–water partition coefficient (Wildman–Crippen LogP) is 6.10. The van der Waals surface area contributed by atoms with Gasteiger partial charge in [-0.05, 0) is 54.8 Å². The summed E-state index contributed by atoms with van der Waals surface area (Å²) in [5.74, 6) is 1.11. The molecule has 0 bridgehead atoms. The summed E-state index contributed by atoms with van der Waals surface area (Å²) in [6, 6.07) is 25.8. The normalized spacial score (nSPS) is 10.9. The van der Waals surface area contributed by atoms with Crippen LogP contribution in [0, 0.1) is 0 Å². The van der Waals surface area contributed by atoms with Crippen molar-refractivity contribution in [3.8, 4) is 11.5 Å². The summed E-state index contributed by atoms with van der Waals surface area (Å²) in [6.45, 7) is 0.679. The number of benzene rings is 3. The van der Waals surface area contributed by atoms with Crippen LogP contribution in [0.3, 0.4) is 0 Å². The topological polar surface area (TPSA) is 42.4 Å². The van der Waals surface area contributed by atoms with Crippen molar-refractivity contribution in [2.24, 2.45) is 0 Å². The van der Waals surface area contributed by atoms with E-state index in [1.165, 1.54) is 5.56 Å². The number of phenols is 1. The van der Waals surface area contributed by atoms with Crippen molar-refractivity contribution in [1.29, 1.82) is 0 Å². The van der Waals surface area contributed by atoms with Crippen molar-refractivity contribution in [1.82, 2.24) is 4.98 Å². The van der Waals surface area contributed by atoms with Crippen LogP contribution in [-0.4, -0.2) is 16.7 Å². The van der Waals surface area contributed by atoms with Gasteiger partial charge in [-0.25, -0.2) is 0 Å². The average Bonchev–Trinajstić information content (AvgIpc) is 2.72. The van der Waals surface area contributed by atoms with Crippen molar-refractivity contribution >= 4 is 22.7 Å². The highest BCUT2D eigenvalue weighted by Crippen LogP contribution is 2.35. The Hall–Kier alpha value is -2.98. The molecule has 4 aromatic rings. The number of ether oxygens (including phenoxy) is 1. The highest BCUT2D eigenvalue weighted by Gasteiger charge is 2.06. The first-order valence-electron chi connectivity index (χ1n) is 9.30. The molecule has 0 aliphatic rings. The molecule has 1 heterocycles. The van der Waals surface area contributed by atoms with Gasteiger partial charge in [0.15, 0.2) is 0 Å². The molecule has 1 N–H and O–H groups in total. The molecule has 4 heteroatoms. The van der Waals surface area contributed by atoms with Crippen LogP contribution in [0.4, 0.5) is 0 Å². The lowest BCUT2D eigenvalue weighted by Crippen LogP contribution is -1.99. The minimum atomic E-state index is 0.273. The molecule has 0 saturated carbocycles. The highest BCUT2D eigenvalue weighted by molar-refractivity contribution is 7.99. The molecule has 0 radical (unpaired) electrons. The standard InChI is InChI=1S/C24H21NO2S/c26-19-9-4-10-21(16-19)28-24-13-14-25-23-17-20(11-12-22(23)24)27-15-5-8-18-6-2-1-3-7-18/h1-4,6-7,9-14,16-17,26H,5,8,15H2. The number of phenolic OH excluding ortho intramolecular Hbond substituents is 1. The zero-order valence-electron chi connectivity index (χ0n) is 15.4. The van der Waals surface area contributed by atoms with Gasteiger partial charge in [0.1, 0.15) is 11.5 Å². The second-order valence-corrected chi connectivity index (χ2v) is 7.64. The third-order valence-electron chi connectivity index (χ3n) is 4.44. The zero-order chi connectivity index (χ0) is 19.2. The molecule has 0 aliphatic heterocycles. The first kappa shape index (κ1) is 18.4. The summed E-state index contributed by atoms with van der Waals surface area (Å²) in [4.78, 5) is 6.59. The predicted molar refractivity (Wildman–Crippen MR) is 114 cm³/mol. The molecular formula is C24H21NO2S. The molecule has 0 amide bonds. The molecule has 0 spiro atoms. The summed E-state index contributed by atoms with van der Waals surface area (Å²) < 4.78 is 5.93. The number of fused-ring (bicyclic) bond motifs is 1. The van der Waals surface area contributed by atoms with E-state index in [4.69, 9.17) is 4.74 Å². The molecule has 1 aromatic heterocycles. The van der Waals surface area contributed by atoms with Crippen molar-refractivity contribution in [2.75, 3.05) is 6.61 Å². The van der Waals surface area contributed by atoms with Crippen LogP contribution >= 0.6 is 11.8 Å². The van der Waals surface area contributed by atoms with Crippen molar-refractivity contribution in [3.63, 3.8) is 0 Å². The average molecular weight is 388 g/mol. The Morgan fingerprint density at radius 1 is 0.893 bits per heavy atom. The van der Waals surface area contributed by atoms with Gasteiger partial charge in [-0.3, -0.25) is 4.98 Å². The Kier molecular flexibility index (Phi) is 5.78. The monoisotopic (exact) mass is 387 g/mol. The van der Waals surface area contributed by atoms with Crippen LogP contribution in [0.15, 0.2) is 94.9 Å². The summed E-state index contributed by atoms with van der Waals surface area (Å²) in [5.41, 5.74) is 2.24. The van der Waals surface area contributed by atoms with E-state index in [1.807, 2.05) is 42.6 Å².